The molecule has 330 valence electrons. The summed E-state index contributed by atoms with van der Waals surface area (Å²) < 4.78 is 33.2. The fourth-order valence-electron chi connectivity index (χ4n) is 7.67. The van der Waals surface area contributed by atoms with Gasteiger partial charge in [0.1, 0.15) is 35.9 Å². The van der Waals surface area contributed by atoms with Crippen LogP contribution in [0.15, 0.2) is 112 Å². The summed E-state index contributed by atoms with van der Waals surface area (Å²) in [7, 11) is 1.31. The van der Waals surface area contributed by atoms with Crippen LogP contribution >= 0.6 is 0 Å². The molecule has 15 nitrogen and oxygen atoms in total. The highest BCUT2D eigenvalue weighted by Gasteiger charge is 2.35. The lowest BCUT2D eigenvalue weighted by Crippen LogP contribution is -2.41. The van der Waals surface area contributed by atoms with Gasteiger partial charge in [0.25, 0.3) is 0 Å². The Morgan fingerprint density at radius 3 is 2.14 bits per heavy atom. The SMILES string of the molecule is CCOC(=O)c1cc(NC(=O)COCC(=O)NCCN(C(=O)OC)C2c3ccccc3-c3ccccc32)ccc1-c1c2ccc(=O)cc-2oc2cc(OCC(=O)OC(C)(C)C)ccc12. The van der Waals surface area contributed by atoms with Gasteiger partial charge in [-0.15, -0.1) is 0 Å². The fraction of sp³-hybridized carbons (Fsp3) is 0.265. The standard InChI is InChI=1S/C49H47N3O12/c1-6-61-47(57)39-23-29(15-18-34(39)45-37-19-16-30(53)24-40(37)63-41-25-31(17-20-38(41)45)62-28-44(56)64-49(2,3)4)51-43(55)27-60-26-42(54)50-21-22-52(48(58)59-5)46-35-13-9-7-11-32(35)33-12-8-10-14-36(33)46/h7-20,23-25,46H,6,21-22,26-28H2,1-5H3,(H,50,54)(H,51,55). The average molecular weight is 870 g/mol. The second kappa shape index (κ2) is 19.3. The largest absolute Gasteiger partial charge is 0.482 e. The third-order valence-corrected chi connectivity index (χ3v) is 10.2. The van der Waals surface area contributed by atoms with Crippen molar-refractivity contribution in [2.75, 3.05) is 51.9 Å². The molecule has 15 heteroatoms. The van der Waals surface area contributed by atoms with Crippen LogP contribution in [0.2, 0.25) is 0 Å². The van der Waals surface area contributed by atoms with E-state index in [2.05, 4.69) is 10.6 Å². The van der Waals surface area contributed by atoms with Crippen molar-refractivity contribution >= 4 is 46.5 Å². The number of hydrogen-bond acceptors (Lipinski definition) is 12. The molecule has 1 aliphatic heterocycles. The van der Waals surface area contributed by atoms with Crippen LogP contribution in [-0.2, 0) is 33.3 Å². The molecule has 0 aromatic heterocycles. The lowest BCUT2D eigenvalue weighted by Gasteiger charge is -2.29. The number of anilines is 1. The Bertz CT molecular complexity index is 2730. The number of nitrogens with zero attached hydrogens (tertiary/aromatic N) is 1. The summed E-state index contributed by atoms with van der Waals surface area (Å²) in [6.07, 6.45) is -0.547. The maximum Gasteiger partial charge on any atom is 0.410 e. The number of benzene rings is 5. The minimum Gasteiger partial charge on any atom is -0.482 e. The molecule has 0 spiro atoms. The predicted octanol–water partition coefficient (Wildman–Crippen LogP) is 7.37. The molecule has 7 rings (SSSR count). The van der Waals surface area contributed by atoms with Crippen molar-refractivity contribution < 1.29 is 52.1 Å². The molecule has 3 amide bonds. The van der Waals surface area contributed by atoms with Crippen molar-refractivity contribution in [3.63, 3.8) is 0 Å². The summed E-state index contributed by atoms with van der Waals surface area (Å²) in [4.78, 5) is 78.8. The molecule has 0 unspecified atom stereocenters. The van der Waals surface area contributed by atoms with Gasteiger partial charge < -0.3 is 38.7 Å². The molecule has 4 aromatic carbocycles. The zero-order chi connectivity index (χ0) is 45.5. The van der Waals surface area contributed by atoms with Gasteiger partial charge in [0.05, 0.1) is 25.3 Å². The number of nitrogens with one attached hydrogen (secondary N) is 2. The van der Waals surface area contributed by atoms with Gasteiger partial charge in [-0.2, -0.15) is 0 Å². The Kier molecular flexibility index (Phi) is 13.4. The van der Waals surface area contributed by atoms with Crippen molar-refractivity contribution in [3.05, 3.63) is 130 Å². The monoisotopic (exact) mass is 869 g/mol. The van der Waals surface area contributed by atoms with Gasteiger partial charge >= 0.3 is 18.0 Å². The number of esters is 2. The van der Waals surface area contributed by atoms with Gasteiger partial charge in [-0.1, -0.05) is 54.6 Å². The van der Waals surface area contributed by atoms with Crippen LogP contribution in [0, 0.1) is 0 Å². The Balaban J connectivity index is 1.02. The van der Waals surface area contributed by atoms with E-state index in [9.17, 15) is 28.8 Å². The zero-order valence-electron chi connectivity index (χ0n) is 36.0. The zero-order valence-corrected chi connectivity index (χ0v) is 36.0. The Morgan fingerprint density at radius 1 is 0.766 bits per heavy atom. The van der Waals surface area contributed by atoms with Crippen LogP contribution in [0.3, 0.4) is 0 Å². The van der Waals surface area contributed by atoms with E-state index in [0.717, 1.165) is 22.3 Å². The molecule has 0 saturated heterocycles. The number of rotatable bonds is 15. The van der Waals surface area contributed by atoms with Crippen molar-refractivity contribution in [1.29, 1.82) is 0 Å². The predicted molar refractivity (Wildman–Crippen MR) is 237 cm³/mol. The van der Waals surface area contributed by atoms with Gasteiger partial charge in [-0.25, -0.2) is 14.4 Å². The third kappa shape index (κ3) is 10.1. The number of amides is 3. The molecular formula is C49H47N3O12. The highest BCUT2D eigenvalue weighted by atomic mass is 16.6. The van der Waals surface area contributed by atoms with E-state index in [1.54, 1.807) is 69.0 Å². The molecule has 64 heavy (non-hydrogen) atoms. The summed E-state index contributed by atoms with van der Waals surface area (Å²) in [6.45, 7) is 5.94. The smallest absolute Gasteiger partial charge is 0.410 e. The van der Waals surface area contributed by atoms with Crippen molar-refractivity contribution in [1.82, 2.24) is 10.2 Å². The van der Waals surface area contributed by atoms with Gasteiger partial charge in [0, 0.05) is 47.4 Å². The van der Waals surface area contributed by atoms with E-state index < -0.39 is 54.7 Å². The molecule has 2 N–H and O–H groups in total. The van der Waals surface area contributed by atoms with Crippen molar-refractivity contribution in [2.24, 2.45) is 0 Å². The number of carbonyl (C=O) groups is 5. The van der Waals surface area contributed by atoms with Gasteiger partial charge in [-0.3, -0.25) is 19.3 Å². The van der Waals surface area contributed by atoms with Gasteiger partial charge in [0.2, 0.25) is 11.8 Å². The number of methoxy groups -OCH3 is 1. The van der Waals surface area contributed by atoms with Crippen LogP contribution in [0.1, 0.15) is 55.2 Å². The highest BCUT2D eigenvalue weighted by Crippen LogP contribution is 2.46. The first-order valence-corrected chi connectivity index (χ1v) is 20.6. The summed E-state index contributed by atoms with van der Waals surface area (Å²) in [5.74, 6) is -1.79. The normalized spacial score (nSPS) is 12.0. The lowest BCUT2D eigenvalue weighted by molar-refractivity contribution is -0.157. The maximum atomic E-state index is 13.5. The second-order valence-electron chi connectivity index (χ2n) is 15.8. The molecule has 3 aliphatic rings. The molecule has 2 aliphatic carbocycles. The van der Waals surface area contributed by atoms with E-state index in [4.69, 9.17) is 28.1 Å². The molecule has 0 saturated carbocycles. The molecule has 0 bridgehead atoms. The summed E-state index contributed by atoms with van der Waals surface area (Å²) >= 11 is 0. The number of ether oxygens (including phenoxy) is 5. The van der Waals surface area contributed by atoms with Gasteiger partial charge in [-0.05, 0) is 91.9 Å². The molecule has 4 aromatic rings. The topological polar surface area (TPSA) is 189 Å². The molecular weight excluding hydrogens is 823 g/mol. The summed E-state index contributed by atoms with van der Waals surface area (Å²) in [5.41, 5.74) is 5.10. The molecule has 1 heterocycles. The third-order valence-electron chi connectivity index (χ3n) is 10.2. The Labute approximate surface area is 368 Å². The highest BCUT2D eigenvalue weighted by molar-refractivity contribution is 6.09. The van der Waals surface area contributed by atoms with Crippen LogP contribution in [-0.4, -0.2) is 87.0 Å². The first kappa shape index (κ1) is 44.5. The van der Waals surface area contributed by atoms with Crippen LogP contribution in [0.5, 0.6) is 5.75 Å². The first-order valence-electron chi connectivity index (χ1n) is 20.6. The number of fused-ring (bicyclic) bond motifs is 5. The fourth-order valence-corrected chi connectivity index (χ4v) is 7.67. The van der Waals surface area contributed by atoms with Crippen molar-refractivity contribution in [3.8, 4) is 39.3 Å². The van der Waals surface area contributed by atoms with E-state index in [1.807, 2.05) is 48.5 Å². The van der Waals surface area contributed by atoms with Crippen LogP contribution in [0.4, 0.5) is 10.5 Å². The van der Waals surface area contributed by atoms with Crippen LogP contribution in [0.25, 0.3) is 44.5 Å². The number of hydrogen-bond donors (Lipinski definition) is 2. The van der Waals surface area contributed by atoms with E-state index >= 15 is 0 Å². The van der Waals surface area contributed by atoms with Crippen LogP contribution < -0.4 is 20.8 Å². The van der Waals surface area contributed by atoms with E-state index in [-0.39, 0.29) is 48.7 Å². The van der Waals surface area contributed by atoms with Crippen molar-refractivity contribution in [2.45, 2.75) is 39.3 Å². The quantitative estimate of drug-likeness (QED) is 0.0593. The second-order valence-corrected chi connectivity index (χ2v) is 15.8. The van der Waals surface area contributed by atoms with E-state index in [1.165, 1.54) is 25.3 Å². The average Bonchev–Trinajstić information content (AvgIpc) is 3.59. The summed E-state index contributed by atoms with van der Waals surface area (Å²) in [6, 6.07) is 29.2. The minimum absolute atomic E-state index is 0.0670. The van der Waals surface area contributed by atoms with E-state index in [0.29, 0.717) is 33.4 Å². The molecule has 0 atom stereocenters. The first-order chi connectivity index (χ1) is 30.7. The summed E-state index contributed by atoms with van der Waals surface area (Å²) in [5, 5.41) is 6.00. The van der Waals surface area contributed by atoms with Gasteiger partial charge in [0.15, 0.2) is 12.0 Å². The Hall–Kier alpha value is -7.52. The lowest BCUT2D eigenvalue weighted by atomic mass is 9.90. The maximum absolute atomic E-state index is 13.5. The Morgan fingerprint density at radius 2 is 1.45 bits per heavy atom. The number of carbonyl (C=O) groups excluding carboxylic acids is 5. The molecule has 0 radical (unpaired) electrons. The minimum atomic E-state index is -0.693. The molecule has 0 fully saturated rings.